The molecule has 7 heteroatoms. The summed E-state index contributed by atoms with van der Waals surface area (Å²) in [6.07, 6.45) is 6.87. The lowest BCUT2D eigenvalue weighted by Crippen LogP contribution is -1.96. The number of nitrogens with zero attached hydrogens (tertiary/aromatic N) is 4. The summed E-state index contributed by atoms with van der Waals surface area (Å²) in [5, 5.41) is 2.87. The lowest BCUT2D eigenvalue weighted by Gasteiger charge is -2.09. The van der Waals surface area contributed by atoms with Crippen LogP contribution in [-0.4, -0.2) is 32.8 Å². The summed E-state index contributed by atoms with van der Waals surface area (Å²) in [6, 6.07) is 7.59. The first-order valence-electron chi connectivity index (χ1n) is 8.94. The zero-order valence-electron chi connectivity index (χ0n) is 16.2. The van der Waals surface area contributed by atoms with Gasteiger partial charge in [-0.2, -0.15) is 0 Å². The highest BCUT2D eigenvalue weighted by molar-refractivity contribution is 7.13. The molecule has 0 N–H and O–H groups in total. The van der Waals surface area contributed by atoms with Gasteiger partial charge in [0.25, 0.3) is 0 Å². The van der Waals surface area contributed by atoms with Crippen molar-refractivity contribution in [2.75, 3.05) is 7.11 Å². The highest BCUT2D eigenvalue weighted by atomic mass is 32.1. The number of aryl methyl sites for hydroxylation is 1. The van der Waals surface area contributed by atoms with E-state index in [2.05, 4.69) is 15.0 Å². The number of rotatable bonds is 5. The second-order valence-corrected chi connectivity index (χ2v) is 7.37. The summed E-state index contributed by atoms with van der Waals surface area (Å²) in [6.45, 7) is 3.48. The van der Waals surface area contributed by atoms with Crippen molar-refractivity contribution in [3.63, 3.8) is 0 Å². The van der Waals surface area contributed by atoms with Crippen molar-refractivity contribution in [2.45, 2.75) is 13.8 Å². The normalized spacial score (nSPS) is 10.7. The third kappa shape index (κ3) is 3.90. The van der Waals surface area contributed by atoms with E-state index in [1.54, 1.807) is 37.0 Å². The molecule has 0 fully saturated rings. The molecule has 0 unspecified atom stereocenters. The maximum Gasteiger partial charge on any atom is 0.212 e. The van der Waals surface area contributed by atoms with Gasteiger partial charge in [-0.3, -0.25) is 14.8 Å². The zero-order valence-corrected chi connectivity index (χ0v) is 17.0. The van der Waals surface area contributed by atoms with Crippen molar-refractivity contribution in [1.29, 1.82) is 0 Å². The Morgan fingerprint density at radius 1 is 1.00 bits per heavy atom. The molecule has 0 bridgehead atoms. The average molecular weight is 402 g/mol. The molecule has 144 valence electrons. The molecule has 0 atom stereocenters. The molecule has 4 aromatic heterocycles. The molecule has 29 heavy (non-hydrogen) atoms. The molecule has 0 amide bonds. The molecular weight excluding hydrogens is 384 g/mol. The molecule has 0 saturated heterocycles. The van der Waals surface area contributed by atoms with Gasteiger partial charge in [-0.1, -0.05) is 0 Å². The van der Waals surface area contributed by atoms with Gasteiger partial charge in [0.2, 0.25) is 5.88 Å². The van der Waals surface area contributed by atoms with Crippen LogP contribution < -0.4 is 4.74 Å². The van der Waals surface area contributed by atoms with Crippen LogP contribution in [0, 0.1) is 6.92 Å². The SMILES string of the molecule is COc1ccc(-c2csc(-c3cc(C)ncc3-c3cncc(C(C)=O)c3)n2)cn1. The van der Waals surface area contributed by atoms with Crippen LogP contribution in [0.15, 0.2) is 54.4 Å². The number of carbonyl (C=O) groups is 1. The van der Waals surface area contributed by atoms with E-state index in [9.17, 15) is 4.79 Å². The number of hydrogen-bond acceptors (Lipinski definition) is 7. The minimum atomic E-state index is -0.0236. The Bertz CT molecular complexity index is 1190. The van der Waals surface area contributed by atoms with E-state index in [0.717, 1.165) is 38.6 Å². The number of ketones is 1. The molecule has 4 aromatic rings. The fourth-order valence-electron chi connectivity index (χ4n) is 2.93. The van der Waals surface area contributed by atoms with Gasteiger partial charge in [-0.25, -0.2) is 9.97 Å². The highest BCUT2D eigenvalue weighted by Gasteiger charge is 2.15. The summed E-state index contributed by atoms with van der Waals surface area (Å²) >= 11 is 1.55. The Morgan fingerprint density at radius 3 is 2.59 bits per heavy atom. The van der Waals surface area contributed by atoms with Crippen molar-refractivity contribution in [3.05, 3.63) is 65.7 Å². The lowest BCUT2D eigenvalue weighted by molar-refractivity contribution is 0.101. The molecule has 0 aliphatic rings. The van der Waals surface area contributed by atoms with Crippen LogP contribution in [0.2, 0.25) is 0 Å². The van der Waals surface area contributed by atoms with Crippen LogP contribution in [0.25, 0.3) is 33.0 Å². The number of ether oxygens (including phenoxy) is 1. The van der Waals surface area contributed by atoms with Crippen molar-refractivity contribution < 1.29 is 9.53 Å². The average Bonchev–Trinajstić information content (AvgIpc) is 3.24. The number of carbonyl (C=O) groups excluding carboxylic acids is 1. The van der Waals surface area contributed by atoms with E-state index in [-0.39, 0.29) is 5.78 Å². The van der Waals surface area contributed by atoms with Gasteiger partial charge >= 0.3 is 0 Å². The smallest absolute Gasteiger partial charge is 0.212 e. The number of pyridine rings is 3. The Hall–Kier alpha value is -3.45. The van der Waals surface area contributed by atoms with Gasteiger partial charge in [0, 0.05) is 69.7 Å². The van der Waals surface area contributed by atoms with Crippen LogP contribution in [0.5, 0.6) is 5.88 Å². The van der Waals surface area contributed by atoms with E-state index in [0.29, 0.717) is 11.4 Å². The van der Waals surface area contributed by atoms with Gasteiger partial charge in [0.15, 0.2) is 5.78 Å². The topological polar surface area (TPSA) is 77.9 Å². The first-order valence-corrected chi connectivity index (χ1v) is 9.82. The molecule has 0 aromatic carbocycles. The standard InChI is InChI=1S/C22H18N4O2S/c1-13-6-18(19(11-24-13)17-7-16(14(2)27)8-23-9-17)22-26-20(12-29-22)15-4-5-21(28-3)25-10-15/h4-12H,1-3H3. The monoisotopic (exact) mass is 402 g/mol. The van der Waals surface area contributed by atoms with Crippen LogP contribution in [-0.2, 0) is 0 Å². The van der Waals surface area contributed by atoms with Crippen molar-refractivity contribution in [3.8, 4) is 38.8 Å². The predicted octanol–water partition coefficient (Wildman–Crippen LogP) is 4.85. The predicted molar refractivity (Wildman–Crippen MR) is 113 cm³/mol. The molecule has 4 heterocycles. The van der Waals surface area contributed by atoms with Gasteiger partial charge in [-0.05, 0) is 32.0 Å². The molecule has 0 saturated carbocycles. The first kappa shape index (κ1) is 18.9. The summed E-state index contributed by atoms with van der Waals surface area (Å²) in [7, 11) is 1.59. The number of Topliss-reactive ketones (excluding diaryl/α,β-unsaturated/α-hetero) is 1. The molecule has 0 aliphatic heterocycles. The van der Waals surface area contributed by atoms with Crippen LogP contribution >= 0.6 is 11.3 Å². The third-order valence-corrected chi connectivity index (χ3v) is 5.35. The Morgan fingerprint density at radius 2 is 1.86 bits per heavy atom. The lowest BCUT2D eigenvalue weighted by atomic mass is 10.0. The summed E-state index contributed by atoms with van der Waals surface area (Å²) in [5.41, 5.74) is 5.90. The van der Waals surface area contributed by atoms with Gasteiger partial charge in [0.1, 0.15) is 5.01 Å². The van der Waals surface area contributed by atoms with Crippen LogP contribution in [0.1, 0.15) is 23.0 Å². The summed E-state index contributed by atoms with van der Waals surface area (Å²) < 4.78 is 5.12. The number of thiazole rings is 1. The highest BCUT2D eigenvalue weighted by Crippen LogP contribution is 2.36. The van der Waals surface area contributed by atoms with E-state index >= 15 is 0 Å². The van der Waals surface area contributed by atoms with E-state index in [4.69, 9.17) is 9.72 Å². The van der Waals surface area contributed by atoms with Gasteiger partial charge in [0.05, 0.1) is 12.8 Å². The van der Waals surface area contributed by atoms with Crippen LogP contribution in [0.4, 0.5) is 0 Å². The molecule has 0 radical (unpaired) electrons. The fraction of sp³-hybridized carbons (Fsp3) is 0.136. The maximum absolute atomic E-state index is 11.8. The van der Waals surface area contributed by atoms with E-state index in [1.807, 2.05) is 42.8 Å². The van der Waals surface area contributed by atoms with Crippen molar-refractivity contribution >= 4 is 17.1 Å². The second-order valence-electron chi connectivity index (χ2n) is 6.52. The molecule has 0 aliphatic carbocycles. The Balaban J connectivity index is 1.78. The number of methoxy groups -OCH3 is 1. The maximum atomic E-state index is 11.8. The third-order valence-electron chi connectivity index (χ3n) is 4.47. The summed E-state index contributed by atoms with van der Waals surface area (Å²) in [5.74, 6) is 0.540. The Kier molecular flexibility index (Phi) is 5.14. The largest absolute Gasteiger partial charge is 0.481 e. The van der Waals surface area contributed by atoms with Gasteiger partial charge in [-0.15, -0.1) is 11.3 Å². The zero-order chi connectivity index (χ0) is 20.4. The molecule has 6 nitrogen and oxygen atoms in total. The van der Waals surface area contributed by atoms with Crippen molar-refractivity contribution in [1.82, 2.24) is 19.9 Å². The molecule has 0 spiro atoms. The minimum absolute atomic E-state index is 0.0236. The first-order chi connectivity index (χ1) is 14.0. The Labute approximate surface area is 172 Å². The minimum Gasteiger partial charge on any atom is -0.481 e. The second kappa shape index (κ2) is 7.89. The fourth-order valence-corrected chi connectivity index (χ4v) is 3.79. The quantitative estimate of drug-likeness (QED) is 0.444. The van der Waals surface area contributed by atoms with Gasteiger partial charge < -0.3 is 4.74 Å². The van der Waals surface area contributed by atoms with Crippen molar-refractivity contribution in [2.24, 2.45) is 0 Å². The molecule has 4 rings (SSSR count). The van der Waals surface area contributed by atoms with Crippen LogP contribution in [0.3, 0.4) is 0 Å². The number of aromatic nitrogens is 4. The summed E-state index contributed by atoms with van der Waals surface area (Å²) in [4.78, 5) is 29.5. The number of hydrogen-bond donors (Lipinski definition) is 0. The van der Waals surface area contributed by atoms with E-state index in [1.165, 1.54) is 6.92 Å². The van der Waals surface area contributed by atoms with E-state index < -0.39 is 0 Å². The molecular formula is C22H18N4O2S.